The number of rotatable bonds is 6. The van der Waals surface area contributed by atoms with Crippen molar-refractivity contribution in [1.82, 2.24) is 19.9 Å². The Kier molecular flexibility index (Phi) is 6.23. The number of nitrogens with zero attached hydrogens (tertiary/aromatic N) is 5. The molecule has 4 aromatic rings. The van der Waals surface area contributed by atoms with Gasteiger partial charge in [0, 0.05) is 49.5 Å². The predicted molar refractivity (Wildman–Crippen MR) is 129 cm³/mol. The number of fused-ring (bicyclic) bond motifs is 1. The first kappa shape index (κ1) is 21.4. The molecule has 0 saturated carbocycles. The van der Waals surface area contributed by atoms with Crippen molar-refractivity contribution in [3.8, 4) is 11.1 Å². The zero-order chi connectivity index (χ0) is 22.6. The first-order valence-corrected chi connectivity index (χ1v) is 11.8. The first-order valence-electron chi connectivity index (χ1n) is 10.9. The van der Waals surface area contributed by atoms with Crippen LogP contribution in [-0.2, 0) is 16.1 Å². The van der Waals surface area contributed by atoms with Gasteiger partial charge in [0.2, 0.25) is 11.9 Å². The summed E-state index contributed by atoms with van der Waals surface area (Å²) in [5, 5.41) is 6.04. The summed E-state index contributed by atoms with van der Waals surface area (Å²) in [6, 6.07) is 12.0. The maximum atomic E-state index is 12.7. The number of aromatic nitrogens is 4. The molecule has 1 fully saturated rings. The lowest BCUT2D eigenvalue weighted by molar-refractivity contribution is -0.120. The minimum Gasteiger partial charge on any atom is -0.377 e. The highest BCUT2D eigenvalue weighted by Gasteiger charge is 2.28. The topological polar surface area (TPSA) is 93.1 Å². The predicted octanol–water partition coefficient (Wildman–Crippen LogP) is 4.15. The second-order valence-electron chi connectivity index (χ2n) is 7.91. The molecule has 1 aromatic carbocycles. The van der Waals surface area contributed by atoms with Gasteiger partial charge in [0.1, 0.15) is 17.3 Å². The highest BCUT2D eigenvalue weighted by Crippen LogP contribution is 2.39. The van der Waals surface area contributed by atoms with Crippen molar-refractivity contribution in [2.24, 2.45) is 5.92 Å². The van der Waals surface area contributed by atoms with E-state index in [-0.39, 0.29) is 11.8 Å². The van der Waals surface area contributed by atoms with E-state index in [2.05, 4.69) is 37.7 Å². The summed E-state index contributed by atoms with van der Waals surface area (Å²) in [6.07, 6.45) is 4.70. The highest BCUT2D eigenvalue weighted by molar-refractivity contribution is 7.17. The Balaban J connectivity index is 1.41. The van der Waals surface area contributed by atoms with Crippen LogP contribution in [0.1, 0.15) is 18.7 Å². The summed E-state index contributed by atoms with van der Waals surface area (Å²) >= 11 is 1.62. The van der Waals surface area contributed by atoms with Crippen molar-refractivity contribution in [2.75, 3.05) is 30.4 Å². The van der Waals surface area contributed by atoms with Crippen molar-refractivity contribution < 1.29 is 9.53 Å². The van der Waals surface area contributed by atoms with Crippen molar-refractivity contribution in [1.29, 1.82) is 0 Å². The number of carbonyl (C=O) groups excluding carboxylic acids is 1. The van der Waals surface area contributed by atoms with E-state index >= 15 is 0 Å². The number of amides is 1. The molecule has 9 heteroatoms. The van der Waals surface area contributed by atoms with Gasteiger partial charge in [-0.1, -0.05) is 30.3 Å². The van der Waals surface area contributed by atoms with E-state index in [0.29, 0.717) is 18.4 Å². The molecule has 0 radical (unpaired) electrons. The molecule has 1 amide bonds. The fraction of sp³-hybridized carbons (Fsp3) is 0.292. The molecule has 8 nitrogen and oxygen atoms in total. The molecule has 1 aliphatic rings. The van der Waals surface area contributed by atoms with Gasteiger partial charge in [-0.2, -0.15) is 0 Å². The summed E-state index contributed by atoms with van der Waals surface area (Å²) < 4.78 is 5.31. The molecular weight excluding hydrogens is 436 g/mol. The molecule has 0 atom stereocenters. The van der Waals surface area contributed by atoms with E-state index in [1.54, 1.807) is 36.9 Å². The fourth-order valence-electron chi connectivity index (χ4n) is 4.15. The van der Waals surface area contributed by atoms with Gasteiger partial charge in [0.25, 0.3) is 0 Å². The molecule has 5 rings (SSSR count). The van der Waals surface area contributed by atoms with E-state index in [1.165, 1.54) is 0 Å². The van der Waals surface area contributed by atoms with Gasteiger partial charge in [-0.25, -0.2) is 19.9 Å². The Bertz CT molecular complexity index is 1240. The quantitative estimate of drug-likeness (QED) is 0.462. The molecule has 0 bridgehead atoms. The third-order valence-corrected chi connectivity index (χ3v) is 6.66. The van der Waals surface area contributed by atoms with Gasteiger partial charge in [-0.15, -0.1) is 11.3 Å². The van der Waals surface area contributed by atoms with Crippen LogP contribution in [0, 0.1) is 5.92 Å². The van der Waals surface area contributed by atoms with Crippen LogP contribution in [0.15, 0.2) is 54.2 Å². The Morgan fingerprint density at radius 2 is 1.88 bits per heavy atom. The lowest BCUT2D eigenvalue weighted by atomic mass is 9.95. The fourth-order valence-corrected chi connectivity index (χ4v) is 5.11. The Morgan fingerprint density at radius 1 is 1.12 bits per heavy atom. The lowest BCUT2D eigenvalue weighted by Crippen LogP contribution is -2.39. The molecule has 33 heavy (non-hydrogen) atoms. The van der Waals surface area contributed by atoms with Crippen molar-refractivity contribution >= 4 is 39.2 Å². The molecule has 3 aromatic heterocycles. The van der Waals surface area contributed by atoms with E-state index in [4.69, 9.17) is 14.7 Å². The number of piperidine rings is 1. The number of ether oxygens (including phenoxy) is 1. The molecular formula is C24H24N6O2S. The Morgan fingerprint density at radius 3 is 2.61 bits per heavy atom. The smallest absolute Gasteiger partial charge is 0.229 e. The van der Waals surface area contributed by atoms with Gasteiger partial charge in [0.05, 0.1) is 5.39 Å². The molecule has 0 spiro atoms. The highest BCUT2D eigenvalue weighted by atomic mass is 32.1. The van der Waals surface area contributed by atoms with Gasteiger partial charge < -0.3 is 9.64 Å². The first-order chi connectivity index (χ1) is 16.2. The van der Waals surface area contributed by atoms with Gasteiger partial charge in [0.15, 0.2) is 5.82 Å². The number of carbonyl (C=O) groups is 1. The SMILES string of the molecule is COCc1nc(N2CCC(C(=O)Nc3ncccn3)CC2)c2c(-c3ccccc3)csc2n1. The van der Waals surface area contributed by atoms with E-state index in [0.717, 1.165) is 53.1 Å². The molecule has 4 heterocycles. The van der Waals surface area contributed by atoms with E-state index < -0.39 is 0 Å². The molecule has 168 valence electrons. The van der Waals surface area contributed by atoms with Crippen molar-refractivity contribution in [3.05, 3.63) is 60.0 Å². The Labute approximate surface area is 195 Å². The van der Waals surface area contributed by atoms with Gasteiger partial charge in [-0.3, -0.25) is 10.1 Å². The summed E-state index contributed by atoms with van der Waals surface area (Å²) in [5.41, 5.74) is 2.28. The number of nitrogens with one attached hydrogen (secondary N) is 1. The summed E-state index contributed by atoms with van der Waals surface area (Å²) in [4.78, 5) is 33.7. The summed E-state index contributed by atoms with van der Waals surface area (Å²) in [5.74, 6) is 1.81. The second-order valence-corrected chi connectivity index (χ2v) is 8.77. The molecule has 0 aliphatic carbocycles. The number of benzene rings is 1. The maximum absolute atomic E-state index is 12.7. The van der Waals surface area contributed by atoms with E-state index in [1.807, 2.05) is 18.2 Å². The zero-order valence-corrected chi connectivity index (χ0v) is 19.1. The molecule has 1 saturated heterocycles. The van der Waals surface area contributed by atoms with Crippen molar-refractivity contribution in [3.63, 3.8) is 0 Å². The average Bonchev–Trinajstić information content (AvgIpc) is 3.29. The minimum absolute atomic E-state index is 0.0331. The maximum Gasteiger partial charge on any atom is 0.229 e. The van der Waals surface area contributed by atoms with E-state index in [9.17, 15) is 4.79 Å². The Hall–Kier alpha value is -3.43. The average molecular weight is 461 g/mol. The second kappa shape index (κ2) is 9.60. The number of methoxy groups -OCH3 is 1. The van der Waals surface area contributed by atoms with Gasteiger partial charge >= 0.3 is 0 Å². The number of anilines is 2. The third kappa shape index (κ3) is 4.55. The number of hydrogen-bond donors (Lipinski definition) is 1. The standard InChI is InChI=1S/C24H24N6O2S/c1-32-14-19-27-21(20-18(15-33-23(20)28-19)16-6-3-2-4-7-16)30-12-8-17(9-13-30)22(31)29-24-25-10-5-11-26-24/h2-7,10-11,15,17H,8-9,12-14H2,1H3,(H,25,26,29,31). The van der Waals surface area contributed by atoms with Crippen LogP contribution in [0.5, 0.6) is 0 Å². The van der Waals surface area contributed by atoms with Crippen LogP contribution in [0.25, 0.3) is 21.3 Å². The van der Waals surface area contributed by atoms with Crippen molar-refractivity contribution in [2.45, 2.75) is 19.4 Å². The number of hydrogen-bond acceptors (Lipinski definition) is 8. The largest absolute Gasteiger partial charge is 0.377 e. The van der Waals surface area contributed by atoms with Crippen LogP contribution in [0.4, 0.5) is 11.8 Å². The van der Waals surface area contributed by atoms with Crippen LogP contribution >= 0.6 is 11.3 Å². The van der Waals surface area contributed by atoms with Crippen LogP contribution in [-0.4, -0.2) is 46.0 Å². The van der Waals surface area contributed by atoms with Gasteiger partial charge in [-0.05, 0) is 24.5 Å². The van der Waals surface area contributed by atoms with Crippen LogP contribution in [0.3, 0.4) is 0 Å². The third-order valence-electron chi connectivity index (χ3n) is 5.79. The molecule has 1 N–H and O–H groups in total. The monoisotopic (exact) mass is 460 g/mol. The zero-order valence-electron chi connectivity index (χ0n) is 18.3. The lowest BCUT2D eigenvalue weighted by Gasteiger charge is -2.32. The normalized spacial score (nSPS) is 14.5. The van der Waals surface area contributed by atoms with Crippen LogP contribution < -0.4 is 10.2 Å². The minimum atomic E-state index is -0.0862. The summed E-state index contributed by atoms with van der Waals surface area (Å²) in [6.45, 7) is 1.82. The van der Waals surface area contributed by atoms with Crippen LogP contribution in [0.2, 0.25) is 0 Å². The molecule has 0 unspecified atom stereocenters. The molecule has 1 aliphatic heterocycles. The number of thiophene rings is 1. The summed E-state index contributed by atoms with van der Waals surface area (Å²) in [7, 11) is 1.65.